The van der Waals surface area contributed by atoms with Gasteiger partial charge in [-0.05, 0) is 24.2 Å². The lowest BCUT2D eigenvalue weighted by molar-refractivity contribution is -0.146. The van der Waals surface area contributed by atoms with Gasteiger partial charge in [-0.15, -0.1) is 0 Å². The van der Waals surface area contributed by atoms with E-state index in [0.29, 0.717) is 31.2 Å². The number of rotatable bonds is 6. The van der Waals surface area contributed by atoms with E-state index in [2.05, 4.69) is 43.8 Å². The predicted molar refractivity (Wildman–Crippen MR) is 105 cm³/mol. The average Bonchev–Trinajstić information content (AvgIpc) is 2.51. The van der Waals surface area contributed by atoms with Gasteiger partial charge in [-0.3, -0.25) is 9.59 Å². The summed E-state index contributed by atoms with van der Waals surface area (Å²) >= 11 is 0. The Labute approximate surface area is 155 Å². The van der Waals surface area contributed by atoms with Gasteiger partial charge in [0, 0.05) is 19.3 Å². The third-order valence-electron chi connectivity index (χ3n) is 5.14. The maximum absolute atomic E-state index is 12.0. The molecule has 1 fully saturated rings. The first kappa shape index (κ1) is 20.4. The van der Waals surface area contributed by atoms with Crippen molar-refractivity contribution in [3.63, 3.8) is 0 Å². The van der Waals surface area contributed by atoms with Gasteiger partial charge in [0.2, 0.25) is 0 Å². The molecule has 1 saturated heterocycles. The van der Waals surface area contributed by atoms with E-state index in [0.717, 1.165) is 0 Å². The van der Waals surface area contributed by atoms with Crippen LogP contribution in [0.5, 0.6) is 0 Å². The van der Waals surface area contributed by atoms with Gasteiger partial charge in [0.05, 0.1) is 25.3 Å². The van der Waals surface area contributed by atoms with Crippen LogP contribution in [0.25, 0.3) is 6.08 Å². The Hall–Kier alpha value is -1.93. The van der Waals surface area contributed by atoms with Crippen molar-refractivity contribution < 1.29 is 14.0 Å². The smallest absolute Gasteiger partial charge is 0.312 e. The van der Waals surface area contributed by atoms with E-state index in [4.69, 9.17) is 9.16 Å². The summed E-state index contributed by atoms with van der Waals surface area (Å²) in [5.41, 5.74) is 0.392. The number of H-pyrrole nitrogens is 1. The Morgan fingerprint density at radius 1 is 1.42 bits per heavy atom. The number of hydrogen-bond donors (Lipinski definition) is 1. The number of hydrogen-bond acceptors (Lipinski definition) is 6. The quantitative estimate of drug-likeness (QED) is 0.603. The lowest BCUT2D eigenvalue weighted by Crippen LogP contribution is -2.52. The second-order valence-electron chi connectivity index (χ2n) is 8.08. The normalized spacial score (nSPS) is 16.0. The van der Waals surface area contributed by atoms with Crippen molar-refractivity contribution in [3.05, 3.63) is 28.3 Å². The fraction of sp³-hybridized carbons (Fsp3) is 0.611. The second-order valence-corrected chi connectivity index (χ2v) is 12.9. The number of methoxy groups -OCH3 is 1. The van der Waals surface area contributed by atoms with Gasteiger partial charge in [0.15, 0.2) is 14.1 Å². The van der Waals surface area contributed by atoms with Gasteiger partial charge in [-0.2, -0.15) is 0 Å². The minimum absolute atomic E-state index is 0.165. The largest absolute Gasteiger partial charge is 0.469 e. The Bertz CT molecular complexity index is 731. The van der Waals surface area contributed by atoms with E-state index < -0.39 is 8.32 Å². The molecule has 0 aromatic carbocycles. The van der Waals surface area contributed by atoms with E-state index in [1.165, 1.54) is 7.11 Å². The highest BCUT2D eigenvalue weighted by atomic mass is 28.4. The molecule has 0 atom stereocenters. The topological polar surface area (TPSA) is 84.5 Å². The van der Waals surface area contributed by atoms with Crippen LogP contribution in [-0.4, -0.2) is 51.1 Å². The number of carbonyl (C=O) groups is 1. The van der Waals surface area contributed by atoms with Crippen molar-refractivity contribution in [2.45, 2.75) is 38.9 Å². The third-order valence-corrected chi connectivity index (χ3v) is 9.64. The number of anilines is 1. The van der Waals surface area contributed by atoms with Gasteiger partial charge in [0.1, 0.15) is 0 Å². The van der Waals surface area contributed by atoms with Crippen LogP contribution >= 0.6 is 0 Å². The molecule has 1 aromatic heterocycles. The van der Waals surface area contributed by atoms with E-state index in [1.807, 2.05) is 12.2 Å². The number of nitrogens with one attached hydrogen (secondary N) is 1. The predicted octanol–water partition coefficient (Wildman–Crippen LogP) is 2.41. The van der Waals surface area contributed by atoms with Crippen LogP contribution in [0.4, 0.5) is 5.82 Å². The van der Waals surface area contributed by atoms with E-state index in [1.54, 1.807) is 11.1 Å². The van der Waals surface area contributed by atoms with Gasteiger partial charge in [-0.25, -0.2) is 4.98 Å². The maximum Gasteiger partial charge on any atom is 0.312 e. The molecule has 0 amide bonds. The molecular weight excluding hydrogens is 350 g/mol. The van der Waals surface area contributed by atoms with Crippen LogP contribution in [-0.2, 0) is 14.0 Å². The Balaban J connectivity index is 1.98. The molecule has 26 heavy (non-hydrogen) atoms. The number of ether oxygens (including phenoxy) is 1. The van der Waals surface area contributed by atoms with Gasteiger partial charge in [-0.1, -0.05) is 26.8 Å². The van der Waals surface area contributed by atoms with Crippen molar-refractivity contribution in [1.82, 2.24) is 9.97 Å². The van der Waals surface area contributed by atoms with Crippen LogP contribution in [0.1, 0.15) is 26.5 Å². The molecule has 0 radical (unpaired) electrons. The first-order valence-electron chi connectivity index (χ1n) is 8.78. The molecule has 0 bridgehead atoms. The van der Waals surface area contributed by atoms with Crippen molar-refractivity contribution in [3.8, 4) is 0 Å². The molecular formula is C18H29N3O4Si. The molecule has 2 rings (SSSR count). The zero-order valence-electron chi connectivity index (χ0n) is 16.5. The summed E-state index contributed by atoms with van der Waals surface area (Å²) in [4.78, 5) is 32.4. The number of aromatic nitrogens is 2. The highest BCUT2D eigenvalue weighted by Gasteiger charge is 2.37. The van der Waals surface area contributed by atoms with Gasteiger partial charge >= 0.3 is 5.97 Å². The van der Waals surface area contributed by atoms with E-state index in [9.17, 15) is 9.59 Å². The zero-order valence-corrected chi connectivity index (χ0v) is 17.5. The minimum Gasteiger partial charge on any atom is -0.469 e. The summed E-state index contributed by atoms with van der Waals surface area (Å²) in [6, 6.07) is 0. The first-order valence-corrected chi connectivity index (χ1v) is 11.7. The molecule has 1 aliphatic rings. The molecule has 7 nitrogen and oxygen atoms in total. The fourth-order valence-electron chi connectivity index (χ4n) is 2.32. The molecule has 8 heteroatoms. The Morgan fingerprint density at radius 2 is 2.08 bits per heavy atom. The third kappa shape index (κ3) is 4.61. The van der Waals surface area contributed by atoms with E-state index >= 15 is 0 Å². The summed E-state index contributed by atoms with van der Waals surface area (Å²) in [7, 11) is -0.413. The van der Waals surface area contributed by atoms with Crippen LogP contribution in [0.2, 0.25) is 18.1 Å². The monoisotopic (exact) mass is 379 g/mol. The molecule has 1 aromatic rings. The number of aromatic amines is 1. The van der Waals surface area contributed by atoms with Crippen molar-refractivity contribution in [2.75, 3.05) is 31.7 Å². The summed E-state index contributed by atoms with van der Waals surface area (Å²) < 4.78 is 10.8. The highest BCUT2D eigenvalue weighted by Crippen LogP contribution is 2.36. The summed E-state index contributed by atoms with van der Waals surface area (Å²) in [6.45, 7) is 12.4. The highest BCUT2D eigenvalue weighted by molar-refractivity contribution is 6.74. The molecule has 0 aliphatic carbocycles. The standard InChI is InChI=1S/C18H29N3O4Si/c1-18(2,3)26(5,6)25-9-7-8-14-10-19-16(22)15(20-14)21-11-13(12-21)17(23)24-4/h7-8,10,13H,9,11-12H2,1-6H3,(H,19,22)/b8-7+. The number of carbonyl (C=O) groups excluding carboxylic acids is 1. The zero-order chi connectivity index (χ0) is 19.5. The first-order chi connectivity index (χ1) is 12.0. The summed E-state index contributed by atoms with van der Waals surface area (Å²) in [5, 5.41) is 0.165. The summed E-state index contributed by atoms with van der Waals surface area (Å²) in [5.74, 6) is -0.118. The second kappa shape index (κ2) is 7.75. The fourth-order valence-corrected chi connectivity index (χ4v) is 3.26. The molecule has 0 spiro atoms. The Morgan fingerprint density at radius 3 is 2.65 bits per heavy atom. The average molecular weight is 380 g/mol. The molecule has 1 N–H and O–H groups in total. The Kier molecular flexibility index (Phi) is 6.08. The molecule has 0 saturated carbocycles. The minimum atomic E-state index is -1.78. The SMILES string of the molecule is COC(=O)C1CN(c2nc(/C=C/CO[Si](C)(C)C(C)(C)C)c[nH]c2=O)C1. The van der Waals surface area contributed by atoms with Crippen molar-refractivity contribution in [2.24, 2.45) is 5.92 Å². The maximum atomic E-state index is 12.0. The molecule has 0 unspecified atom stereocenters. The lowest BCUT2D eigenvalue weighted by Gasteiger charge is -2.37. The van der Waals surface area contributed by atoms with Gasteiger partial charge in [0.25, 0.3) is 5.56 Å². The van der Waals surface area contributed by atoms with Crippen LogP contribution < -0.4 is 10.5 Å². The van der Waals surface area contributed by atoms with Crippen molar-refractivity contribution >= 4 is 26.2 Å². The molecule has 1 aliphatic heterocycles. The lowest BCUT2D eigenvalue weighted by atomic mass is 10.0. The molecule has 144 valence electrons. The summed E-state index contributed by atoms with van der Waals surface area (Å²) in [6.07, 6.45) is 5.33. The van der Waals surface area contributed by atoms with Gasteiger partial charge < -0.3 is 19.0 Å². The van der Waals surface area contributed by atoms with Crippen LogP contribution in [0, 0.1) is 5.92 Å². The number of nitrogens with zero attached hydrogens (tertiary/aromatic N) is 2. The molecule has 2 heterocycles. The van der Waals surface area contributed by atoms with Crippen LogP contribution in [0.15, 0.2) is 17.1 Å². The number of esters is 1. The van der Waals surface area contributed by atoms with E-state index in [-0.39, 0.29) is 22.5 Å². The van der Waals surface area contributed by atoms with Crippen molar-refractivity contribution in [1.29, 1.82) is 0 Å². The van der Waals surface area contributed by atoms with Crippen LogP contribution in [0.3, 0.4) is 0 Å².